The third-order valence-electron chi connectivity index (χ3n) is 11.5. The molecule has 0 unspecified atom stereocenters. The van der Waals surface area contributed by atoms with Crippen LogP contribution in [0.1, 0.15) is 5.56 Å². The molecule has 5 nitrogen and oxygen atoms in total. The van der Waals surface area contributed by atoms with Gasteiger partial charge in [-0.3, -0.25) is 0 Å². The third-order valence-corrected chi connectivity index (χ3v) is 11.5. The molecule has 9 aromatic carbocycles. The van der Waals surface area contributed by atoms with Crippen LogP contribution < -0.4 is 14.5 Å². The van der Waals surface area contributed by atoms with Gasteiger partial charge in [0, 0.05) is 71.3 Å². The van der Waals surface area contributed by atoms with Crippen molar-refractivity contribution in [1.29, 1.82) is 0 Å². The molecule has 0 fully saturated rings. The van der Waals surface area contributed by atoms with E-state index in [1.807, 2.05) is 24.3 Å². The molecule has 284 valence electrons. The number of aryl methyl sites for hydroxylation is 1. The van der Waals surface area contributed by atoms with Crippen molar-refractivity contribution in [2.45, 2.75) is 6.92 Å². The molecule has 3 heterocycles. The van der Waals surface area contributed by atoms with E-state index in [1.54, 1.807) is 0 Å². The Morgan fingerprint density at radius 2 is 1.22 bits per heavy atom. The van der Waals surface area contributed by atoms with Gasteiger partial charge in [0.15, 0.2) is 0 Å². The van der Waals surface area contributed by atoms with Crippen LogP contribution in [-0.2, 0) is 21.1 Å². The van der Waals surface area contributed by atoms with E-state index >= 15 is 0 Å². The summed E-state index contributed by atoms with van der Waals surface area (Å²) in [7, 11) is 0. The zero-order valence-electron chi connectivity index (χ0n) is 31.8. The monoisotopic (exact) mass is 936 g/mol. The normalized spacial score (nSPS) is 12.6. The maximum atomic E-state index is 6.65. The standard InChI is InChI=1S/C53H33N4O.Pt/c1-34-22-26-42-36(30-34)23-27-45-51(42)52-41-17-6-5-12-35(41)24-29-46(52)54-53(45)57-47-19-8-7-18-43(47)44-28-25-40(32-50(44)57)58-39-16-11-15-38(31-39)56-33-55(37-13-3-2-4-14-37)48-20-9-10-21-49(48)56;/h2-30,33H,1H3;/q-3;. The fourth-order valence-corrected chi connectivity index (χ4v) is 8.87. The molecule has 0 amide bonds. The first-order valence-corrected chi connectivity index (χ1v) is 19.5. The van der Waals surface area contributed by atoms with Crippen LogP contribution in [-0.4, -0.2) is 9.55 Å². The van der Waals surface area contributed by atoms with Crippen LogP contribution in [0.5, 0.6) is 11.5 Å². The van der Waals surface area contributed by atoms with E-state index in [0.29, 0.717) is 11.5 Å². The second-order valence-corrected chi connectivity index (χ2v) is 14.9. The Kier molecular flexibility index (Phi) is 8.28. The predicted molar refractivity (Wildman–Crippen MR) is 239 cm³/mol. The van der Waals surface area contributed by atoms with Crippen molar-refractivity contribution in [1.82, 2.24) is 9.55 Å². The molecule has 59 heavy (non-hydrogen) atoms. The van der Waals surface area contributed by atoms with Gasteiger partial charge in [0.05, 0.1) is 5.52 Å². The number of anilines is 4. The van der Waals surface area contributed by atoms with Gasteiger partial charge in [0.2, 0.25) is 0 Å². The number of aromatic nitrogens is 2. The summed E-state index contributed by atoms with van der Waals surface area (Å²) in [6, 6.07) is 69.0. The molecule has 12 rings (SSSR count). The molecule has 1 aliphatic rings. The van der Waals surface area contributed by atoms with Crippen LogP contribution in [0.25, 0.3) is 70.8 Å². The number of hydrogen-bond donors (Lipinski definition) is 0. The summed E-state index contributed by atoms with van der Waals surface area (Å²) < 4.78 is 8.92. The summed E-state index contributed by atoms with van der Waals surface area (Å²) in [5, 5.41) is 10.5. The topological polar surface area (TPSA) is 33.5 Å². The maximum absolute atomic E-state index is 6.65. The van der Waals surface area contributed by atoms with E-state index in [4.69, 9.17) is 9.72 Å². The quantitative estimate of drug-likeness (QED) is 0.127. The minimum atomic E-state index is 0. The van der Waals surface area contributed by atoms with Gasteiger partial charge in [-0.2, -0.15) is 12.1 Å². The van der Waals surface area contributed by atoms with E-state index in [9.17, 15) is 0 Å². The molecule has 6 heteroatoms. The number of pyridine rings is 1. The van der Waals surface area contributed by atoms with Gasteiger partial charge >= 0.3 is 0 Å². The summed E-state index contributed by atoms with van der Waals surface area (Å²) in [4.78, 5) is 9.88. The average molecular weight is 937 g/mol. The van der Waals surface area contributed by atoms with Crippen molar-refractivity contribution in [3.8, 4) is 17.3 Å². The molecule has 1 aliphatic heterocycles. The summed E-state index contributed by atoms with van der Waals surface area (Å²) >= 11 is 0. The first kappa shape index (κ1) is 35.2. The number of hydrogen-bond acceptors (Lipinski definition) is 4. The number of ether oxygens (including phenoxy) is 1. The molecule has 0 saturated heterocycles. The number of benzene rings is 9. The summed E-state index contributed by atoms with van der Waals surface area (Å²) in [5.41, 5.74) is 8.28. The molecule has 0 atom stereocenters. The van der Waals surface area contributed by atoms with Crippen molar-refractivity contribution in [3.05, 3.63) is 200 Å². The van der Waals surface area contributed by atoms with Gasteiger partial charge in [0.1, 0.15) is 5.82 Å². The van der Waals surface area contributed by atoms with Gasteiger partial charge in [-0.25, -0.2) is 4.98 Å². The van der Waals surface area contributed by atoms with Crippen LogP contribution in [0.2, 0.25) is 0 Å². The van der Waals surface area contributed by atoms with Crippen molar-refractivity contribution in [2.75, 3.05) is 9.80 Å². The van der Waals surface area contributed by atoms with Crippen molar-refractivity contribution < 1.29 is 25.8 Å². The van der Waals surface area contributed by atoms with E-state index in [1.165, 1.54) is 37.9 Å². The Bertz CT molecular complexity index is 3450. The number of nitrogens with zero attached hydrogens (tertiary/aromatic N) is 4. The second-order valence-electron chi connectivity index (χ2n) is 14.9. The zero-order valence-corrected chi connectivity index (χ0v) is 34.1. The van der Waals surface area contributed by atoms with Crippen LogP contribution in [0.15, 0.2) is 176 Å². The minimum absolute atomic E-state index is 0. The molecule has 0 spiro atoms. The average Bonchev–Trinajstić information content (AvgIpc) is 3.82. The fourth-order valence-electron chi connectivity index (χ4n) is 8.87. The van der Waals surface area contributed by atoms with Gasteiger partial charge in [0.25, 0.3) is 0 Å². The van der Waals surface area contributed by atoms with Gasteiger partial charge in [-0.05, 0) is 76.3 Å². The molecule has 0 aliphatic carbocycles. The SMILES string of the molecule is Cc1ccc2c(ccc3c(-n4c5[c-]c(Oc6[c-]c(N7[CH-]N(c8ccccc8)c8ccccc87)ccc6)ccc5c5ccccc54)nc4ccc5ccccc5c4c32)c1.[Pt]. The summed E-state index contributed by atoms with van der Waals surface area (Å²) in [6.45, 7) is 4.26. The molecule has 0 radical (unpaired) electrons. The zero-order chi connectivity index (χ0) is 38.3. The second kappa shape index (κ2) is 13.9. The van der Waals surface area contributed by atoms with Crippen LogP contribution >= 0.6 is 0 Å². The van der Waals surface area contributed by atoms with Gasteiger partial charge in [-0.15, -0.1) is 48.1 Å². The Morgan fingerprint density at radius 3 is 2.10 bits per heavy atom. The third kappa shape index (κ3) is 5.61. The molecule has 11 aromatic rings. The van der Waals surface area contributed by atoms with Crippen molar-refractivity contribution in [2.24, 2.45) is 0 Å². The van der Waals surface area contributed by atoms with Crippen LogP contribution in [0, 0.1) is 25.7 Å². The Morgan fingerprint density at radius 1 is 0.525 bits per heavy atom. The number of para-hydroxylation sites is 4. The predicted octanol–water partition coefficient (Wildman–Crippen LogP) is 13.9. The smallest absolute Gasteiger partial charge is 0.144 e. The van der Waals surface area contributed by atoms with Crippen molar-refractivity contribution in [3.63, 3.8) is 0 Å². The first-order valence-electron chi connectivity index (χ1n) is 19.5. The number of fused-ring (bicyclic) bond motifs is 11. The van der Waals surface area contributed by atoms with Crippen LogP contribution in [0.3, 0.4) is 0 Å². The Labute approximate surface area is 355 Å². The molecule has 0 bridgehead atoms. The largest absolute Gasteiger partial charge is 0.509 e. The summed E-state index contributed by atoms with van der Waals surface area (Å²) in [5.74, 6) is 2.06. The van der Waals surface area contributed by atoms with Crippen LogP contribution in [0.4, 0.5) is 22.7 Å². The van der Waals surface area contributed by atoms with E-state index in [2.05, 4.69) is 192 Å². The molecular weight excluding hydrogens is 904 g/mol. The van der Waals surface area contributed by atoms with E-state index in [0.717, 1.165) is 61.3 Å². The van der Waals surface area contributed by atoms with Gasteiger partial charge in [-0.1, -0.05) is 114 Å². The molecule has 2 aromatic heterocycles. The van der Waals surface area contributed by atoms with E-state index in [-0.39, 0.29) is 21.1 Å². The van der Waals surface area contributed by atoms with E-state index < -0.39 is 0 Å². The minimum Gasteiger partial charge on any atom is -0.509 e. The first-order chi connectivity index (χ1) is 28.7. The van der Waals surface area contributed by atoms with Crippen molar-refractivity contribution >= 4 is 87.8 Å². The molecular formula is C53H33N4OPt-3. The number of rotatable bonds is 5. The van der Waals surface area contributed by atoms with Gasteiger partial charge < -0.3 is 19.1 Å². The molecule has 0 N–H and O–H groups in total. The Balaban J connectivity index is 0.00000397. The Hall–Kier alpha value is -6.94. The summed E-state index contributed by atoms with van der Waals surface area (Å²) in [6.07, 6.45) is 0. The maximum Gasteiger partial charge on any atom is 0.144 e. The fraction of sp³-hybridized carbons (Fsp3) is 0.0189. The molecule has 0 saturated carbocycles.